The Bertz CT molecular complexity index is 674. The van der Waals surface area contributed by atoms with E-state index in [0.717, 1.165) is 5.56 Å². The van der Waals surface area contributed by atoms with Crippen LogP contribution in [0.1, 0.15) is 53.5 Å². The number of ether oxygens (including phenoxy) is 2. The molecule has 7 heteroatoms. The average Bonchev–Trinajstić information content (AvgIpc) is 2.51. The van der Waals surface area contributed by atoms with Crippen molar-refractivity contribution < 1.29 is 23.9 Å². The molecular weight excluding hydrogens is 360 g/mol. The van der Waals surface area contributed by atoms with Gasteiger partial charge in [-0.1, -0.05) is 30.3 Å². The number of nitrogens with two attached hydrogens (primary N) is 1. The molecule has 0 spiro atoms. The van der Waals surface area contributed by atoms with Crippen molar-refractivity contribution in [3.63, 3.8) is 0 Å². The lowest BCUT2D eigenvalue weighted by molar-refractivity contribution is -0.160. The normalized spacial score (nSPS) is 14.0. The smallest absolute Gasteiger partial charge is 0.329 e. The Hall–Kier alpha value is -2.41. The fourth-order valence-electron chi connectivity index (χ4n) is 2.34. The Labute approximate surface area is 167 Å². The molecule has 0 saturated heterocycles. The maximum absolute atomic E-state index is 12.5. The maximum atomic E-state index is 12.5. The van der Waals surface area contributed by atoms with Gasteiger partial charge in [-0.3, -0.25) is 9.59 Å². The third-order valence-electron chi connectivity index (χ3n) is 3.43. The van der Waals surface area contributed by atoms with Gasteiger partial charge < -0.3 is 20.5 Å². The van der Waals surface area contributed by atoms with Crippen molar-refractivity contribution in [2.45, 2.75) is 77.7 Å². The molecule has 1 amide bonds. The van der Waals surface area contributed by atoms with Gasteiger partial charge in [-0.05, 0) is 47.1 Å². The minimum atomic E-state index is -1.08. The number of rotatable bonds is 7. The number of benzene rings is 1. The number of carbonyl (C=O) groups excluding carboxylic acids is 3. The Balaban J connectivity index is 2.85. The first-order valence-corrected chi connectivity index (χ1v) is 9.31. The highest BCUT2D eigenvalue weighted by atomic mass is 16.6. The molecule has 1 rings (SSSR count). The van der Waals surface area contributed by atoms with Crippen molar-refractivity contribution >= 4 is 17.8 Å². The van der Waals surface area contributed by atoms with Crippen molar-refractivity contribution in [2.75, 3.05) is 0 Å². The van der Waals surface area contributed by atoms with Crippen LogP contribution in [0.3, 0.4) is 0 Å². The summed E-state index contributed by atoms with van der Waals surface area (Å²) in [5.41, 5.74) is 5.28. The van der Waals surface area contributed by atoms with Gasteiger partial charge in [-0.2, -0.15) is 0 Å². The lowest BCUT2D eigenvalue weighted by atomic mass is 10.1. The van der Waals surface area contributed by atoms with Gasteiger partial charge in [-0.15, -0.1) is 0 Å². The molecule has 1 aromatic carbocycles. The highest BCUT2D eigenvalue weighted by Gasteiger charge is 2.32. The molecular formula is C21H32N2O5. The van der Waals surface area contributed by atoms with E-state index >= 15 is 0 Å². The SMILES string of the molecule is CC(C)(C)OC(=O)C(N)C[C@H](NC(=O)Cc1ccccc1)C(=O)OC(C)(C)C. The summed E-state index contributed by atoms with van der Waals surface area (Å²) in [6.45, 7) is 10.4. The van der Waals surface area contributed by atoms with Gasteiger partial charge in [0.25, 0.3) is 0 Å². The molecule has 28 heavy (non-hydrogen) atoms. The highest BCUT2D eigenvalue weighted by Crippen LogP contribution is 2.13. The maximum Gasteiger partial charge on any atom is 0.329 e. The first-order valence-electron chi connectivity index (χ1n) is 9.31. The van der Waals surface area contributed by atoms with E-state index in [1.54, 1.807) is 41.5 Å². The second-order valence-corrected chi connectivity index (χ2v) is 8.69. The van der Waals surface area contributed by atoms with Gasteiger partial charge in [0.15, 0.2) is 0 Å². The minimum absolute atomic E-state index is 0.0990. The van der Waals surface area contributed by atoms with Gasteiger partial charge in [0.2, 0.25) is 5.91 Å². The van der Waals surface area contributed by atoms with Crippen molar-refractivity contribution in [3.05, 3.63) is 35.9 Å². The van der Waals surface area contributed by atoms with Crippen LogP contribution in [0.2, 0.25) is 0 Å². The second kappa shape index (κ2) is 9.68. The molecule has 0 aliphatic carbocycles. The zero-order valence-corrected chi connectivity index (χ0v) is 17.6. The Kier molecular flexibility index (Phi) is 8.17. The second-order valence-electron chi connectivity index (χ2n) is 8.69. The van der Waals surface area contributed by atoms with Crippen LogP contribution in [0.15, 0.2) is 30.3 Å². The molecule has 0 saturated carbocycles. The first kappa shape index (κ1) is 23.6. The Morgan fingerprint density at radius 1 is 0.929 bits per heavy atom. The summed E-state index contributed by atoms with van der Waals surface area (Å²) in [6, 6.07) is 7.00. The van der Waals surface area contributed by atoms with Gasteiger partial charge in [0.05, 0.1) is 6.42 Å². The molecule has 0 bridgehead atoms. The summed E-state index contributed by atoms with van der Waals surface area (Å²) in [6.07, 6.45) is -0.0217. The van der Waals surface area contributed by atoms with Gasteiger partial charge in [0, 0.05) is 6.42 Å². The van der Waals surface area contributed by atoms with Crippen LogP contribution in [-0.4, -0.2) is 41.1 Å². The summed E-state index contributed by atoms with van der Waals surface area (Å²) in [4.78, 5) is 37.1. The van der Waals surface area contributed by atoms with E-state index in [9.17, 15) is 14.4 Å². The largest absolute Gasteiger partial charge is 0.459 e. The van der Waals surface area contributed by atoms with E-state index in [1.807, 2.05) is 30.3 Å². The van der Waals surface area contributed by atoms with Gasteiger partial charge in [0.1, 0.15) is 23.3 Å². The molecule has 1 unspecified atom stereocenters. The monoisotopic (exact) mass is 392 g/mol. The Morgan fingerprint density at radius 3 is 1.93 bits per heavy atom. The molecule has 1 aromatic rings. The third kappa shape index (κ3) is 9.50. The lowest BCUT2D eigenvalue weighted by Crippen LogP contribution is -2.50. The fraction of sp³-hybridized carbons (Fsp3) is 0.571. The number of carbonyl (C=O) groups is 3. The van der Waals surface area contributed by atoms with Gasteiger partial charge in [-0.25, -0.2) is 4.79 Å². The van der Waals surface area contributed by atoms with Gasteiger partial charge >= 0.3 is 11.9 Å². The predicted octanol–water partition coefficient (Wildman–Crippen LogP) is 2.11. The minimum Gasteiger partial charge on any atom is -0.459 e. The first-order chi connectivity index (χ1) is 12.8. The quantitative estimate of drug-likeness (QED) is 0.688. The Morgan fingerprint density at radius 2 is 1.43 bits per heavy atom. The van der Waals surface area contributed by atoms with Crippen molar-refractivity contribution in [3.8, 4) is 0 Å². The predicted molar refractivity (Wildman–Crippen MR) is 106 cm³/mol. The van der Waals surface area contributed by atoms with E-state index < -0.39 is 35.2 Å². The number of hydrogen-bond acceptors (Lipinski definition) is 6. The van der Waals surface area contributed by atoms with E-state index in [0.29, 0.717) is 0 Å². The standard InChI is InChI=1S/C21H32N2O5/c1-20(2,3)27-18(25)15(22)13-16(19(26)28-21(4,5)6)23-17(24)12-14-10-8-7-9-11-14/h7-11,15-16H,12-13,22H2,1-6H3,(H,23,24)/t15?,16-/m0/s1. The summed E-state index contributed by atoms with van der Waals surface area (Å²) < 4.78 is 10.6. The molecule has 7 nitrogen and oxygen atoms in total. The van der Waals surface area contributed by atoms with Crippen LogP contribution in [0.25, 0.3) is 0 Å². The molecule has 0 aliphatic rings. The highest BCUT2D eigenvalue weighted by molar-refractivity contribution is 5.86. The van der Waals surface area contributed by atoms with E-state index in [-0.39, 0.29) is 18.7 Å². The fourth-order valence-corrected chi connectivity index (χ4v) is 2.34. The van der Waals surface area contributed by atoms with Crippen molar-refractivity contribution in [1.82, 2.24) is 5.32 Å². The topological polar surface area (TPSA) is 108 Å². The molecule has 0 fully saturated rings. The number of hydrogen-bond donors (Lipinski definition) is 2. The molecule has 0 heterocycles. The lowest BCUT2D eigenvalue weighted by Gasteiger charge is -2.27. The zero-order chi connectivity index (χ0) is 21.5. The van der Waals surface area contributed by atoms with Crippen LogP contribution < -0.4 is 11.1 Å². The molecule has 0 aromatic heterocycles. The van der Waals surface area contributed by atoms with Crippen LogP contribution in [0, 0.1) is 0 Å². The number of esters is 2. The van der Waals surface area contributed by atoms with Crippen molar-refractivity contribution in [2.24, 2.45) is 5.73 Å². The molecule has 0 radical (unpaired) electrons. The molecule has 2 atom stereocenters. The summed E-state index contributed by atoms with van der Waals surface area (Å²) in [7, 11) is 0. The molecule has 156 valence electrons. The summed E-state index contributed by atoms with van der Waals surface area (Å²) in [5.74, 6) is -1.65. The summed E-state index contributed by atoms with van der Waals surface area (Å²) in [5, 5.41) is 2.64. The van der Waals surface area contributed by atoms with Crippen LogP contribution >= 0.6 is 0 Å². The molecule has 0 aliphatic heterocycles. The number of amides is 1. The number of nitrogens with one attached hydrogen (secondary N) is 1. The van der Waals surface area contributed by atoms with Crippen LogP contribution in [0.5, 0.6) is 0 Å². The van der Waals surface area contributed by atoms with E-state index in [4.69, 9.17) is 15.2 Å². The van der Waals surface area contributed by atoms with Crippen molar-refractivity contribution in [1.29, 1.82) is 0 Å². The van der Waals surface area contributed by atoms with Crippen LogP contribution in [-0.2, 0) is 30.3 Å². The van der Waals surface area contributed by atoms with E-state index in [1.165, 1.54) is 0 Å². The zero-order valence-electron chi connectivity index (χ0n) is 17.6. The summed E-state index contributed by atoms with van der Waals surface area (Å²) >= 11 is 0. The van der Waals surface area contributed by atoms with E-state index in [2.05, 4.69) is 5.32 Å². The third-order valence-corrected chi connectivity index (χ3v) is 3.43. The average molecular weight is 392 g/mol. The molecule has 3 N–H and O–H groups in total. The van der Waals surface area contributed by atoms with Crippen LogP contribution in [0.4, 0.5) is 0 Å².